The van der Waals surface area contributed by atoms with Gasteiger partial charge in [0.25, 0.3) is 0 Å². The Morgan fingerprint density at radius 2 is 1.89 bits per heavy atom. The Bertz CT molecular complexity index is 1110. The number of anilines is 1. The summed E-state index contributed by atoms with van der Waals surface area (Å²) < 4.78 is 41.9. The van der Waals surface area contributed by atoms with Crippen LogP contribution in [0.25, 0.3) is 10.1 Å². The van der Waals surface area contributed by atoms with Crippen LogP contribution in [0.15, 0.2) is 47.5 Å². The number of fused-ring (bicyclic) bond motifs is 1. The quantitative estimate of drug-likeness (QED) is 0.630. The van der Waals surface area contributed by atoms with Crippen LogP contribution in [0.1, 0.15) is 0 Å². The molecule has 0 aliphatic rings. The number of methoxy groups -OCH3 is 2. The largest absolute Gasteiger partial charge is 0.493 e. The van der Waals surface area contributed by atoms with E-state index in [1.165, 1.54) is 51.0 Å². The molecule has 2 aromatic carbocycles. The molecule has 10 heteroatoms. The molecule has 0 atom stereocenters. The lowest BCUT2D eigenvalue weighted by atomic mass is 10.2. The second-order valence-electron chi connectivity index (χ2n) is 5.90. The van der Waals surface area contributed by atoms with Gasteiger partial charge in [-0.05, 0) is 41.9 Å². The molecule has 1 heterocycles. The Balaban J connectivity index is 1.73. The molecule has 1 amide bonds. The van der Waals surface area contributed by atoms with Gasteiger partial charge in [-0.25, -0.2) is 8.42 Å². The number of amides is 1. The molecule has 8 nitrogen and oxygen atoms in total. The summed E-state index contributed by atoms with van der Waals surface area (Å²) >= 11 is 1.36. The van der Waals surface area contributed by atoms with E-state index in [2.05, 4.69) is 9.69 Å². The number of likely N-dealkylation sites (N-methyl/N-ethyl adjacent to an activating group) is 1. The summed E-state index contributed by atoms with van der Waals surface area (Å²) in [4.78, 5) is 12.3. The van der Waals surface area contributed by atoms with E-state index in [-0.39, 0.29) is 11.4 Å². The van der Waals surface area contributed by atoms with Crippen molar-refractivity contribution in [1.29, 1.82) is 0 Å². The summed E-state index contributed by atoms with van der Waals surface area (Å²) in [6.07, 6.45) is 1.71. The molecule has 0 aliphatic carbocycles. The van der Waals surface area contributed by atoms with E-state index >= 15 is 0 Å². The molecule has 3 aromatic rings. The normalized spacial score (nSPS) is 11.6. The van der Waals surface area contributed by atoms with Gasteiger partial charge in [-0.3, -0.25) is 4.79 Å². The van der Waals surface area contributed by atoms with Crippen LogP contribution in [0.3, 0.4) is 0 Å². The van der Waals surface area contributed by atoms with Crippen molar-refractivity contribution < 1.29 is 22.7 Å². The summed E-state index contributed by atoms with van der Waals surface area (Å²) in [5.74, 6) is 0.258. The van der Waals surface area contributed by atoms with E-state index in [0.29, 0.717) is 17.2 Å². The second-order valence-corrected chi connectivity index (χ2v) is 8.78. The lowest BCUT2D eigenvalue weighted by molar-refractivity contribution is -0.116. The van der Waals surface area contributed by atoms with Crippen LogP contribution in [-0.2, 0) is 14.8 Å². The molecule has 28 heavy (non-hydrogen) atoms. The third-order valence-electron chi connectivity index (χ3n) is 4.07. The maximum absolute atomic E-state index is 12.8. The maximum Gasteiger partial charge on any atom is 0.243 e. The van der Waals surface area contributed by atoms with Crippen molar-refractivity contribution in [2.75, 3.05) is 33.1 Å². The first kappa shape index (κ1) is 20.1. The van der Waals surface area contributed by atoms with Gasteiger partial charge in [-0.1, -0.05) is 0 Å². The number of nitrogens with zero attached hydrogens (tertiary/aromatic N) is 2. The molecule has 0 unspecified atom stereocenters. The minimum atomic E-state index is -3.88. The van der Waals surface area contributed by atoms with Gasteiger partial charge in [0.05, 0.1) is 30.4 Å². The zero-order valence-corrected chi connectivity index (χ0v) is 17.1. The molecule has 0 bridgehead atoms. The van der Waals surface area contributed by atoms with Crippen LogP contribution < -0.4 is 14.8 Å². The lowest BCUT2D eigenvalue weighted by Gasteiger charge is -2.18. The van der Waals surface area contributed by atoms with E-state index < -0.39 is 15.9 Å². The van der Waals surface area contributed by atoms with E-state index in [1.807, 2.05) is 6.07 Å². The highest BCUT2D eigenvalue weighted by Crippen LogP contribution is 2.30. The van der Waals surface area contributed by atoms with Crippen molar-refractivity contribution in [3.05, 3.63) is 42.6 Å². The molecule has 0 aliphatic heterocycles. The van der Waals surface area contributed by atoms with Crippen molar-refractivity contribution in [3.8, 4) is 11.5 Å². The Labute approximate surface area is 166 Å². The second kappa shape index (κ2) is 8.13. The van der Waals surface area contributed by atoms with Gasteiger partial charge in [0.2, 0.25) is 15.9 Å². The number of hydrogen-bond acceptors (Lipinski definition) is 7. The standard InChI is InChI=1S/C18H19N3O5S2/c1-21(28(23,24)14-5-6-15(25-2)16(9-14)26-3)11-18(22)20-13-4-7-17-12(8-13)10-19-27-17/h4-10H,11H2,1-3H3,(H,20,22). The Morgan fingerprint density at radius 3 is 2.61 bits per heavy atom. The third-order valence-corrected chi connectivity index (χ3v) is 6.64. The average molecular weight is 422 g/mol. The Kier molecular flexibility index (Phi) is 5.82. The van der Waals surface area contributed by atoms with Gasteiger partial charge in [-0.15, -0.1) is 0 Å². The smallest absolute Gasteiger partial charge is 0.243 e. The monoisotopic (exact) mass is 421 g/mol. The molecule has 1 N–H and O–H groups in total. The molecule has 0 saturated heterocycles. The van der Waals surface area contributed by atoms with Gasteiger partial charge in [0.15, 0.2) is 11.5 Å². The molecule has 0 spiro atoms. The number of benzene rings is 2. The van der Waals surface area contributed by atoms with Gasteiger partial charge in [0.1, 0.15) is 0 Å². The van der Waals surface area contributed by atoms with Crippen molar-refractivity contribution >= 4 is 43.2 Å². The number of carbonyl (C=O) groups excluding carboxylic acids is 1. The number of aromatic nitrogens is 1. The number of hydrogen-bond donors (Lipinski definition) is 1. The van der Waals surface area contributed by atoms with Crippen LogP contribution in [-0.4, -0.2) is 50.8 Å². The first-order valence-electron chi connectivity index (χ1n) is 8.18. The molecule has 0 radical (unpaired) electrons. The van der Waals surface area contributed by atoms with Crippen LogP contribution in [0.2, 0.25) is 0 Å². The molecular formula is C18H19N3O5S2. The molecule has 3 rings (SSSR count). The van der Waals surface area contributed by atoms with E-state index in [9.17, 15) is 13.2 Å². The maximum atomic E-state index is 12.8. The van der Waals surface area contributed by atoms with Gasteiger partial charge < -0.3 is 14.8 Å². The highest BCUT2D eigenvalue weighted by Gasteiger charge is 2.24. The van der Waals surface area contributed by atoms with Gasteiger partial charge in [0, 0.05) is 30.4 Å². The van der Waals surface area contributed by atoms with Gasteiger partial charge in [-0.2, -0.15) is 8.68 Å². The number of nitrogens with one attached hydrogen (secondary N) is 1. The van der Waals surface area contributed by atoms with Crippen molar-refractivity contribution in [2.45, 2.75) is 4.90 Å². The highest BCUT2D eigenvalue weighted by atomic mass is 32.2. The topological polar surface area (TPSA) is 97.8 Å². The first-order chi connectivity index (χ1) is 13.3. The minimum Gasteiger partial charge on any atom is -0.493 e. The highest BCUT2D eigenvalue weighted by molar-refractivity contribution is 7.89. The van der Waals surface area contributed by atoms with Crippen molar-refractivity contribution in [3.63, 3.8) is 0 Å². The predicted molar refractivity (Wildman–Crippen MR) is 108 cm³/mol. The molecule has 148 valence electrons. The van der Waals surface area contributed by atoms with Crippen LogP contribution in [0.5, 0.6) is 11.5 Å². The minimum absolute atomic E-state index is 0.00576. The summed E-state index contributed by atoms with van der Waals surface area (Å²) in [5, 5.41) is 3.62. The number of carbonyl (C=O) groups is 1. The fourth-order valence-electron chi connectivity index (χ4n) is 2.59. The number of sulfonamides is 1. The number of ether oxygens (including phenoxy) is 2. The van der Waals surface area contributed by atoms with Crippen molar-refractivity contribution in [1.82, 2.24) is 8.68 Å². The Morgan fingerprint density at radius 1 is 1.14 bits per heavy atom. The van der Waals surface area contributed by atoms with E-state index in [4.69, 9.17) is 9.47 Å². The molecule has 0 saturated carbocycles. The zero-order chi connectivity index (χ0) is 20.3. The van der Waals surface area contributed by atoms with Gasteiger partial charge >= 0.3 is 0 Å². The average Bonchev–Trinajstić information content (AvgIpc) is 3.14. The fourth-order valence-corrected chi connectivity index (χ4v) is 4.36. The number of rotatable bonds is 7. The summed E-state index contributed by atoms with van der Waals surface area (Å²) in [6.45, 7) is -0.337. The SMILES string of the molecule is COc1ccc(S(=O)(=O)N(C)CC(=O)Nc2ccc3sncc3c2)cc1OC. The summed E-state index contributed by atoms with van der Waals surface area (Å²) in [7, 11) is 0.350. The van der Waals surface area contributed by atoms with Crippen LogP contribution >= 0.6 is 11.5 Å². The predicted octanol–water partition coefficient (Wildman–Crippen LogP) is 2.57. The third kappa shape index (κ3) is 4.08. The molecule has 1 aromatic heterocycles. The van der Waals surface area contributed by atoms with E-state index in [1.54, 1.807) is 18.3 Å². The summed E-state index contributed by atoms with van der Waals surface area (Å²) in [6, 6.07) is 9.67. The van der Waals surface area contributed by atoms with Crippen LogP contribution in [0.4, 0.5) is 5.69 Å². The summed E-state index contributed by atoms with van der Waals surface area (Å²) in [5.41, 5.74) is 0.578. The first-order valence-corrected chi connectivity index (χ1v) is 10.4. The molecule has 0 fully saturated rings. The van der Waals surface area contributed by atoms with Crippen molar-refractivity contribution in [2.24, 2.45) is 0 Å². The lowest BCUT2D eigenvalue weighted by Crippen LogP contribution is -2.35. The fraction of sp³-hybridized carbons (Fsp3) is 0.222. The molecular weight excluding hydrogens is 402 g/mol. The Hall–Kier alpha value is -2.69. The van der Waals surface area contributed by atoms with Crippen LogP contribution in [0, 0.1) is 0 Å². The zero-order valence-electron chi connectivity index (χ0n) is 15.5. The van der Waals surface area contributed by atoms with E-state index in [0.717, 1.165) is 14.4 Å².